The van der Waals surface area contributed by atoms with Crippen LogP contribution in [0.4, 0.5) is 0 Å². The highest BCUT2D eigenvalue weighted by atomic mass is 32.2. The maximum absolute atomic E-state index is 13.2. The fourth-order valence-corrected chi connectivity index (χ4v) is 4.40. The van der Waals surface area contributed by atoms with E-state index in [-0.39, 0.29) is 12.6 Å². The highest BCUT2D eigenvalue weighted by molar-refractivity contribution is 7.89. The van der Waals surface area contributed by atoms with Gasteiger partial charge in [0, 0.05) is 12.6 Å². The minimum Gasteiger partial charge on any atom is -0.395 e. The fourth-order valence-electron chi connectivity index (χ4n) is 2.74. The summed E-state index contributed by atoms with van der Waals surface area (Å²) < 4.78 is 27.9. The molecule has 0 fully saturated rings. The van der Waals surface area contributed by atoms with Crippen molar-refractivity contribution in [2.24, 2.45) is 11.8 Å². The second kappa shape index (κ2) is 10.3. The van der Waals surface area contributed by atoms with Crippen LogP contribution in [-0.2, 0) is 10.0 Å². The van der Waals surface area contributed by atoms with E-state index in [9.17, 15) is 13.5 Å². The van der Waals surface area contributed by atoms with Crippen molar-refractivity contribution in [3.63, 3.8) is 0 Å². The number of aliphatic hydroxyl groups is 1. The van der Waals surface area contributed by atoms with E-state index in [0.717, 1.165) is 24.8 Å². The molecular formula is C20H35NO3S. The van der Waals surface area contributed by atoms with E-state index in [2.05, 4.69) is 27.7 Å². The maximum atomic E-state index is 13.2. The van der Waals surface area contributed by atoms with Gasteiger partial charge in [-0.2, -0.15) is 4.31 Å². The van der Waals surface area contributed by atoms with Crippen LogP contribution < -0.4 is 0 Å². The Bertz CT molecular complexity index is 596. The SMILES string of the molecule is CCC(C)CCC(CO)N(CCC(C)C)S(=O)(=O)c1ccc(C)cc1. The summed E-state index contributed by atoms with van der Waals surface area (Å²) in [6, 6.07) is 6.60. The molecule has 0 saturated carbocycles. The topological polar surface area (TPSA) is 57.6 Å². The van der Waals surface area contributed by atoms with E-state index in [0.29, 0.717) is 29.7 Å². The Kier molecular flexibility index (Phi) is 9.11. The first-order valence-corrected chi connectivity index (χ1v) is 10.9. The number of nitrogens with zero attached hydrogens (tertiary/aromatic N) is 1. The fraction of sp³-hybridized carbons (Fsp3) is 0.700. The Balaban J connectivity index is 3.09. The largest absolute Gasteiger partial charge is 0.395 e. The third-order valence-electron chi connectivity index (χ3n) is 4.86. The molecule has 0 spiro atoms. The summed E-state index contributed by atoms with van der Waals surface area (Å²) >= 11 is 0. The molecule has 144 valence electrons. The molecule has 2 atom stereocenters. The molecule has 1 aromatic carbocycles. The molecule has 0 aliphatic rings. The number of hydrogen-bond acceptors (Lipinski definition) is 3. The number of hydrogen-bond donors (Lipinski definition) is 1. The molecule has 0 aliphatic carbocycles. The molecule has 5 heteroatoms. The van der Waals surface area contributed by atoms with E-state index in [1.54, 1.807) is 12.1 Å². The standard InChI is InChI=1S/C20H35NO3S/c1-6-17(4)7-10-19(15-22)21(14-13-16(2)3)25(23,24)20-11-8-18(5)9-12-20/h8-9,11-12,16-17,19,22H,6-7,10,13-15H2,1-5H3. The van der Waals surface area contributed by atoms with E-state index in [1.807, 2.05) is 19.1 Å². The van der Waals surface area contributed by atoms with Crippen LogP contribution in [0.2, 0.25) is 0 Å². The molecule has 4 nitrogen and oxygen atoms in total. The summed E-state index contributed by atoms with van der Waals surface area (Å²) in [5.74, 6) is 0.938. The molecule has 0 bridgehead atoms. The van der Waals surface area contributed by atoms with Crippen LogP contribution in [0, 0.1) is 18.8 Å². The van der Waals surface area contributed by atoms with Crippen molar-refractivity contribution in [1.29, 1.82) is 0 Å². The van der Waals surface area contributed by atoms with Crippen LogP contribution >= 0.6 is 0 Å². The molecule has 1 aromatic rings. The van der Waals surface area contributed by atoms with Gasteiger partial charge in [-0.3, -0.25) is 0 Å². The Morgan fingerprint density at radius 1 is 1.04 bits per heavy atom. The zero-order valence-electron chi connectivity index (χ0n) is 16.4. The van der Waals surface area contributed by atoms with Crippen molar-refractivity contribution >= 4 is 10.0 Å². The van der Waals surface area contributed by atoms with Gasteiger partial charge in [-0.1, -0.05) is 51.8 Å². The van der Waals surface area contributed by atoms with Crippen molar-refractivity contribution in [1.82, 2.24) is 4.31 Å². The molecule has 2 unspecified atom stereocenters. The van der Waals surface area contributed by atoms with E-state index in [1.165, 1.54) is 4.31 Å². The lowest BCUT2D eigenvalue weighted by Crippen LogP contribution is -2.43. The zero-order chi connectivity index (χ0) is 19.0. The molecule has 0 saturated heterocycles. The molecule has 0 aliphatic heterocycles. The lowest BCUT2D eigenvalue weighted by molar-refractivity contribution is 0.168. The summed E-state index contributed by atoms with van der Waals surface area (Å²) in [4.78, 5) is 0.309. The Morgan fingerprint density at radius 3 is 2.12 bits per heavy atom. The second-order valence-corrected chi connectivity index (χ2v) is 9.43. The van der Waals surface area contributed by atoms with Crippen LogP contribution in [0.5, 0.6) is 0 Å². The number of benzene rings is 1. The summed E-state index contributed by atoms with van der Waals surface area (Å²) in [7, 11) is -3.61. The van der Waals surface area contributed by atoms with Crippen LogP contribution in [0.3, 0.4) is 0 Å². The highest BCUT2D eigenvalue weighted by Crippen LogP contribution is 2.24. The molecule has 0 amide bonds. The van der Waals surface area contributed by atoms with Gasteiger partial charge in [0.1, 0.15) is 0 Å². The van der Waals surface area contributed by atoms with E-state index in [4.69, 9.17) is 0 Å². The number of aryl methyl sites for hydroxylation is 1. The van der Waals surface area contributed by atoms with Gasteiger partial charge in [-0.05, 0) is 50.2 Å². The van der Waals surface area contributed by atoms with Gasteiger partial charge in [0.25, 0.3) is 0 Å². The lowest BCUT2D eigenvalue weighted by Gasteiger charge is -2.31. The quantitative estimate of drug-likeness (QED) is 0.635. The Labute approximate surface area is 154 Å². The van der Waals surface area contributed by atoms with Crippen molar-refractivity contribution in [2.45, 2.75) is 71.2 Å². The molecule has 25 heavy (non-hydrogen) atoms. The number of aliphatic hydroxyl groups excluding tert-OH is 1. The van der Waals surface area contributed by atoms with Crippen LogP contribution in [0.25, 0.3) is 0 Å². The number of rotatable bonds is 11. The average Bonchev–Trinajstić information content (AvgIpc) is 2.57. The molecule has 0 heterocycles. The molecular weight excluding hydrogens is 334 g/mol. The monoisotopic (exact) mass is 369 g/mol. The third kappa shape index (κ3) is 6.72. The average molecular weight is 370 g/mol. The van der Waals surface area contributed by atoms with Crippen molar-refractivity contribution < 1.29 is 13.5 Å². The molecule has 0 aromatic heterocycles. The van der Waals surface area contributed by atoms with Gasteiger partial charge in [-0.25, -0.2) is 8.42 Å². The Hall–Kier alpha value is -0.910. The molecule has 1 N–H and O–H groups in total. The van der Waals surface area contributed by atoms with Crippen molar-refractivity contribution in [2.75, 3.05) is 13.2 Å². The van der Waals surface area contributed by atoms with Crippen molar-refractivity contribution in [3.05, 3.63) is 29.8 Å². The van der Waals surface area contributed by atoms with Gasteiger partial charge >= 0.3 is 0 Å². The predicted octanol–water partition coefficient (Wildman–Crippen LogP) is 4.22. The summed E-state index contributed by atoms with van der Waals surface area (Å²) in [5, 5.41) is 9.90. The Morgan fingerprint density at radius 2 is 1.64 bits per heavy atom. The van der Waals surface area contributed by atoms with Gasteiger partial charge in [0.15, 0.2) is 0 Å². The van der Waals surface area contributed by atoms with Crippen LogP contribution in [0.1, 0.15) is 58.9 Å². The summed E-state index contributed by atoms with van der Waals surface area (Å²) in [5.41, 5.74) is 1.03. The molecule has 1 rings (SSSR count). The van der Waals surface area contributed by atoms with Gasteiger partial charge in [0.05, 0.1) is 11.5 Å². The minimum absolute atomic E-state index is 0.139. The van der Waals surface area contributed by atoms with E-state index < -0.39 is 10.0 Å². The van der Waals surface area contributed by atoms with Gasteiger partial charge in [0.2, 0.25) is 10.0 Å². The van der Waals surface area contributed by atoms with Gasteiger partial charge in [-0.15, -0.1) is 0 Å². The van der Waals surface area contributed by atoms with E-state index >= 15 is 0 Å². The second-order valence-electron chi connectivity index (χ2n) is 7.54. The van der Waals surface area contributed by atoms with Gasteiger partial charge < -0.3 is 5.11 Å². The maximum Gasteiger partial charge on any atom is 0.243 e. The first kappa shape index (κ1) is 22.1. The smallest absolute Gasteiger partial charge is 0.243 e. The van der Waals surface area contributed by atoms with Crippen LogP contribution in [-0.4, -0.2) is 37.0 Å². The minimum atomic E-state index is -3.61. The summed E-state index contributed by atoms with van der Waals surface area (Å²) in [6.45, 7) is 10.7. The third-order valence-corrected chi connectivity index (χ3v) is 6.83. The predicted molar refractivity (Wildman–Crippen MR) is 104 cm³/mol. The lowest BCUT2D eigenvalue weighted by atomic mass is 9.99. The van der Waals surface area contributed by atoms with Crippen molar-refractivity contribution in [3.8, 4) is 0 Å². The zero-order valence-corrected chi connectivity index (χ0v) is 17.2. The first-order valence-electron chi connectivity index (χ1n) is 9.41. The normalized spacial score (nSPS) is 14.9. The number of sulfonamides is 1. The summed E-state index contributed by atoms with van der Waals surface area (Å²) in [6.07, 6.45) is 3.46. The first-order chi connectivity index (χ1) is 11.7. The van der Waals surface area contributed by atoms with Crippen LogP contribution in [0.15, 0.2) is 29.2 Å². The highest BCUT2D eigenvalue weighted by Gasteiger charge is 2.31. The molecule has 0 radical (unpaired) electrons.